The minimum absolute atomic E-state index is 0.0248. The highest BCUT2D eigenvalue weighted by Crippen LogP contribution is 2.16. The minimum Gasteiger partial charge on any atom is -0.472 e. The second-order valence-electron chi connectivity index (χ2n) is 4.22. The first-order valence-electron chi connectivity index (χ1n) is 5.60. The van der Waals surface area contributed by atoms with Crippen molar-refractivity contribution in [2.75, 3.05) is 11.9 Å². The van der Waals surface area contributed by atoms with Crippen molar-refractivity contribution in [2.45, 2.75) is 19.5 Å². The highest BCUT2D eigenvalue weighted by molar-refractivity contribution is 5.44. The van der Waals surface area contributed by atoms with E-state index in [2.05, 4.69) is 9.88 Å². The molecular formula is C13H17N3O. The van der Waals surface area contributed by atoms with Gasteiger partial charge in [-0.15, -0.1) is 0 Å². The molecule has 4 heteroatoms. The first kappa shape index (κ1) is 11.7. The van der Waals surface area contributed by atoms with Crippen molar-refractivity contribution in [2.24, 2.45) is 5.73 Å². The molecule has 0 saturated carbocycles. The van der Waals surface area contributed by atoms with Gasteiger partial charge in [-0.3, -0.25) is 4.98 Å². The second kappa shape index (κ2) is 5.01. The molecule has 2 aromatic rings. The molecule has 0 aliphatic heterocycles. The van der Waals surface area contributed by atoms with E-state index in [9.17, 15) is 0 Å². The molecule has 17 heavy (non-hydrogen) atoms. The third-order valence-corrected chi connectivity index (χ3v) is 2.68. The smallest absolute Gasteiger partial charge is 0.0952 e. The van der Waals surface area contributed by atoms with E-state index in [0.29, 0.717) is 0 Å². The van der Waals surface area contributed by atoms with Gasteiger partial charge < -0.3 is 15.1 Å². The number of hydrogen-bond acceptors (Lipinski definition) is 4. The Hall–Kier alpha value is -1.81. The van der Waals surface area contributed by atoms with Crippen LogP contribution in [0.5, 0.6) is 0 Å². The van der Waals surface area contributed by atoms with Gasteiger partial charge in [-0.2, -0.15) is 0 Å². The van der Waals surface area contributed by atoms with Crippen molar-refractivity contribution in [1.82, 2.24) is 4.98 Å². The van der Waals surface area contributed by atoms with Crippen LogP contribution in [0.2, 0.25) is 0 Å². The fourth-order valence-corrected chi connectivity index (χ4v) is 1.64. The van der Waals surface area contributed by atoms with Gasteiger partial charge in [-0.1, -0.05) is 0 Å². The van der Waals surface area contributed by atoms with Crippen LogP contribution in [0.25, 0.3) is 0 Å². The largest absolute Gasteiger partial charge is 0.472 e. The summed E-state index contributed by atoms with van der Waals surface area (Å²) in [4.78, 5) is 6.45. The highest BCUT2D eigenvalue weighted by Gasteiger charge is 2.05. The summed E-state index contributed by atoms with van der Waals surface area (Å²) in [5.74, 6) is 0. The van der Waals surface area contributed by atoms with E-state index in [1.54, 1.807) is 12.5 Å². The molecule has 0 spiro atoms. The van der Waals surface area contributed by atoms with Crippen LogP contribution in [0.15, 0.2) is 41.3 Å². The molecule has 0 aromatic carbocycles. The van der Waals surface area contributed by atoms with E-state index >= 15 is 0 Å². The number of nitrogens with two attached hydrogens (primary N) is 1. The topological polar surface area (TPSA) is 55.3 Å². The molecule has 0 saturated heterocycles. The Balaban J connectivity index is 2.06. The van der Waals surface area contributed by atoms with Crippen LogP contribution in [-0.2, 0) is 6.54 Å². The Labute approximate surface area is 101 Å². The Bertz CT molecular complexity index is 448. The molecule has 0 unspecified atom stereocenters. The van der Waals surface area contributed by atoms with Crippen LogP contribution >= 0.6 is 0 Å². The molecule has 4 nitrogen and oxygen atoms in total. The quantitative estimate of drug-likeness (QED) is 0.877. The number of aromatic nitrogens is 1. The van der Waals surface area contributed by atoms with E-state index in [0.717, 1.165) is 23.5 Å². The number of furan rings is 1. The maximum atomic E-state index is 5.76. The van der Waals surface area contributed by atoms with E-state index in [-0.39, 0.29) is 6.04 Å². The molecule has 2 N–H and O–H groups in total. The van der Waals surface area contributed by atoms with Crippen molar-refractivity contribution >= 4 is 5.69 Å². The zero-order chi connectivity index (χ0) is 12.3. The SMILES string of the molecule is C[C@@H](N)c1ccc(N(C)Cc2ccoc2)cn1. The van der Waals surface area contributed by atoms with Gasteiger partial charge in [0.05, 0.1) is 30.1 Å². The van der Waals surface area contributed by atoms with E-state index in [1.165, 1.54) is 0 Å². The van der Waals surface area contributed by atoms with E-state index < -0.39 is 0 Å². The molecule has 0 radical (unpaired) electrons. The van der Waals surface area contributed by atoms with Crippen molar-refractivity contribution in [3.8, 4) is 0 Å². The molecule has 0 fully saturated rings. The average Bonchev–Trinajstić information content (AvgIpc) is 2.82. The molecule has 2 aromatic heterocycles. The van der Waals surface area contributed by atoms with Crippen LogP contribution in [0.1, 0.15) is 24.2 Å². The van der Waals surface area contributed by atoms with Gasteiger partial charge >= 0.3 is 0 Å². The Morgan fingerprint density at radius 3 is 2.76 bits per heavy atom. The van der Waals surface area contributed by atoms with Gasteiger partial charge in [-0.05, 0) is 25.1 Å². The fourth-order valence-electron chi connectivity index (χ4n) is 1.64. The lowest BCUT2D eigenvalue weighted by atomic mass is 10.2. The third-order valence-electron chi connectivity index (χ3n) is 2.68. The minimum atomic E-state index is -0.0248. The molecule has 2 heterocycles. The summed E-state index contributed by atoms with van der Waals surface area (Å²) in [7, 11) is 2.02. The van der Waals surface area contributed by atoms with Crippen LogP contribution in [0, 0.1) is 0 Å². The second-order valence-corrected chi connectivity index (χ2v) is 4.22. The summed E-state index contributed by atoms with van der Waals surface area (Å²) in [6.45, 7) is 2.73. The fraction of sp³-hybridized carbons (Fsp3) is 0.308. The highest BCUT2D eigenvalue weighted by atomic mass is 16.3. The van der Waals surface area contributed by atoms with Gasteiger partial charge in [0.1, 0.15) is 0 Å². The Morgan fingerprint density at radius 1 is 1.41 bits per heavy atom. The molecule has 0 aliphatic rings. The van der Waals surface area contributed by atoms with Gasteiger partial charge in [-0.25, -0.2) is 0 Å². The molecule has 90 valence electrons. The number of hydrogen-bond donors (Lipinski definition) is 1. The van der Waals surface area contributed by atoms with Gasteiger partial charge in [0, 0.05) is 25.2 Å². The number of nitrogens with zero attached hydrogens (tertiary/aromatic N) is 2. The van der Waals surface area contributed by atoms with E-state index in [1.807, 2.05) is 38.4 Å². The molecule has 0 amide bonds. The Morgan fingerprint density at radius 2 is 2.24 bits per heavy atom. The van der Waals surface area contributed by atoms with Gasteiger partial charge in [0.2, 0.25) is 0 Å². The first-order valence-corrected chi connectivity index (χ1v) is 5.60. The molecular weight excluding hydrogens is 214 g/mol. The molecule has 1 atom stereocenters. The van der Waals surface area contributed by atoms with Gasteiger partial charge in [0.25, 0.3) is 0 Å². The van der Waals surface area contributed by atoms with Crippen molar-refractivity contribution in [1.29, 1.82) is 0 Å². The standard InChI is InChI=1S/C13H17N3O/c1-10(14)13-4-3-12(7-15-13)16(2)8-11-5-6-17-9-11/h3-7,9-10H,8,14H2,1-2H3/t10-/m1/s1. The number of pyridine rings is 1. The predicted molar refractivity (Wildman–Crippen MR) is 67.7 cm³/mol. The zero-order valence-corrected chi connectivity index (χ0v) is 10.1. The van der Waals surface area contributed by atoms with Crippen molar-refractivity contribution < 1.29 is 4.42 Å². The van der Waals surface area contributed by atoms with Crippen LogP contribution in [0.3, 0.4) is 0 Å². The van der Waals surface area contributed by atoms with Crippen molar-refractivity contribution in [3.05, 3.63) is 48.2 Å². The summed E-state index contributed by atoms with van der Waals surface area (Å²) in [6, 6.07) is 5.93. The number of rotatable bonds is 4. The molecule has 0 bridgehead atoms. The summed E-state index contributed by atoms with van der Waals surface area (Å²) in [6.07, 6.45) is 5.28. The van der Waals surface area contributed by atoms with Crippen LogP contribution < -0.4 is 10.6 Å². The monoisotopic (exact) mass is 231 g/mol. The van der Waals surface area contributed by atoms with Gasteiger partial charge in [0.15, 0.2) is 0 Å². The lowest BCUT2D eigenvalue weighted by molar-refractivity contribution is 0.563. The first-order chi connectivity index (χ1) is 8.16. The maximum absolute atomic E-state index is 5.76. The summed E-state index contributed by atoms with van der Waals surface area (Å²) in [5, 5.41) is 0. The summed E-state index contributed by atoms with van der Waals surface area (Å²) >= 11 is 0. The third kappa shape index (κ3) is 2.85. The summed E-state index contributed by atoms with van der Waals surface area (Å²) < 4.78 is 5.04. The lowest BCUT2D eigenvalue weighted by Crippen LogP contribution is -2.16. The normalized spacial score (nSPS) is 12.4. The van der Waals surface area contributed by atoms with Crippen LogP contribution in [0.4, 0.5) is 5.69 Å². The maximum Gasteiger partial charge on any atom is 0.0952 e. The molecule has 0 aliphatic carbocycles. The summed E-state index contributed by atoms with van der Waals surface area (Å²) in [5.41, 5.74) is 8.88. The van der Waals surface area contributed by atoms with Crippen LogP contribution in [-0.4, -0.2) is 12.0 Å². The number of anilines is 1. The van der Waals surface area contributed by atoms with E-state index in [4.69, 9.17) is 10.2 Å². The molecule has 2 rings (SSSR count). The average molecular weight is 231 g/mol. The van der Waals surface area contributed by atoms with Crippen molar-refractivity contribution in [3.63, 3.8) is 0 Å². The zero-order valence-electron chi connectivity index (χ0n) is 10.1. The Kier molecular flexibility index (Phi) is 3.44. The predicted octanol–water partition coefficient (Wildman–Crippen LogP) is 2.33. The lowest BCUT2D eigenvalue weighted by Gasteiger charge is -2.18.